The van der Waals surface area contributed by atoms with E-state index in [1.807, 2.05) is 30.3 Å². The molecule has 0 bridgehead atoms. The molecule has 82 valence electrons. The van der Waals surface area contributed by atoms with E-state index in [0.717, 1.165) is 15.7 Å². The van der Waals surface area contributed by atoms with Gasteiger partial charge in [0.2, 0.25) is 0 Å². The van der Waals surface area contributed by atoms with Crippen molar-refractivity contribution in [3.8, 4) is 0 Å². The molecule has 1 N–H and O–H groups in total. The van der Waals surface area contributed by atoms with Gasteiger partial charge < -0.3 is 5.32 Å². The van der Waals surface area contributed by atoms with Crippen LogP contribution >= 0.6 is 15.9 Å². The van der Waals surface area contributed by atoms with E-state index in [1.54, 1.807) is 6.07 Å². The maximum atomic E-state index is 12.9. The first-order valence-corrected chi connectivity index (χ1v) is 5.78. The molecule has 0 unspecified atom stereocenters. The maximum absolute atomic E-state index is 12.9. The Kier molecular flexibility index (Phi) is 3.57. The second kappa shape index (κ2) is 5.12. The third kappa shape index (κ3) is 2.83. The monoisotopic (exact) mass is 279 g/mol. The molecule has 0 saturated heterocycles. The number of benzene rings is 2. The molecule has 0 heterocycles. The van der Waals surface area contributed by atoms with Crippen molar-refractivity contribution < 1.29 is 4.39 Å². The molecular formula is C13H11BrFN. The first kappa shape index (κ1) is 11.1. The van der Waals surface area contributed by atoms with Crippen LogP contribution in [0.1, 0.15) is 5.56 Å². The summed E-state index contributed by atoms with van der Waals surface area (Å²) in [6.45, 7) is 0.672. The largest absolute Gasteiger partial charge is 0.381 e. The highest BCUT2D eigenvalue weighted by Gasteiger charge is 2.00. The zero-order chi connectivity index (χ0) is 11.4. The van der Waals surface area contributed by atoms with E-state index in [1.165, 1.54) is 12.1 Å². The molecule has 0 radical (unpaired) electrons. The normalized spacial score (nSPS) is 10.1. The molecule has 0 atom stereocenters. The van der Waals surface area contributed by atoms with Crippen molar-refractivity contribution in [2.75, 3.05) is 5.32 Å². The van der Waals surface area contributed by atoms with E-state index in [9.17, 15) is 4.39 Å². The first-order valence-electron chi connectivity index (χ1n) is 4.98. The summed E-state index contributed by atoms with van der Waals surface area (Å²) in [4.78, 5) is 0. The third-order valence-corrected chi connectivity index (χ3v) is 3.01. The highest BCUT2D eigenvalue weighted by molar-refractivity contribution is 9.10. The molecule has 0 aromatic heterocycles. The van der Waals surface area contributed by atoms with Crippen LogP contribution in [0.4, 0.5) is 10.1 Å². The van der Waals surface area contributed by atoms with Crippen LogP contribution < -0.4 is 5.32 Å². The zero-order valence-corrected chi connectivity index (χ0v) is 10.2. The fourth-order valence-electron chi connectivity index (χ4n) is 1.42. The molecule has 0 spiro atoms. The third-order valence-electron chi connectivity index (χ3n) is 2.27. The SMILES string of the molecule is Fc1ccc(CNc2ccccc2)c(Br)c1. The average molecular weight is 280 g/mol. The number of nitrogens with one attached hydrogen (secondary N) is 1. The van der Waals surface area contributed by atoms with E-state index in [4.69, 9.17) is 0 Å². The lowest BCUT2D eigenvalue weighted by molar-refractivity contribution is 0.626. The van der Waals surface area contributed by atoms with Gasteiger partial charge in [-0.3, -0.25) is 0 Å². The molecule has 0 fully saturated rings. The summed E-state index contributed by atoms with van der Waals surface area (Å²) in [5.41, 5.74) is 2.09. The van der Waals surface area contributed by atoms with Gasteiger partial charge in [-0.1, -0.05) is 40.2 Å². The maximum Gasteiger partial charge on any atom is 0.124 e. The summed E-state index contributed by atoms with van der Waals surface area (Å²) in [6.07, 6.45) is 0. The van der Waals surface area contributed by atoms with Crippen LogP contribution in [0.2, 0.25) is 0 Å². The molecule has 0 aliphatic heterocycles. The van der Waals surface area contributed by atoms with Gasteiger partial charge in [-0.15, -0.1) is 0 Å². The van der Waals surface area contributed by atoms with Gasteiger partial charge in [-0.2, -0.15) is 0 Å². The van der Waals surface area contributed by atoms with Gasteiger partial charge in [0.1, 0.15) is 5.82 Å². The molecule has 2 aromatic carbocycles. The van der Waals surface area contributed by atoms with Gasteiger partial charge in [0.15, 0.2) is 0 Å². The van der Waals surface area contributed by atoms with Crippen LogP contribution in [0.3, 0.4) is 0 Å². The Morgan fingerprint density at radius 2 is 1.81 bits per heavy atom. The Morgan fingerprint density at radius 1 is 1.06 bits per heavy atom. The lowest BCUT2D eigenvalue weighted by atomic mass is 10.2. The summed E-state index contributed by atoms with van der Waals surface area (Å²) in [7, 11) is 0. The molecule has 0 aliphatic carbocycles. The van der Waals surface area contributed by atoms with E-state index < -0.39 is 0 Å². The Hall–Kier alpha value is -1.35. The van der Waals surface area contributed by atoms with Crippen molar-refractivity contribution >= 4 is 21.6 Å². The standard InChI is InChI=1S/C13H11BrFN/c14-13-8-11(15)7-6-10(13)9-16-12-4-2-1-3-5-12/h1-8,16H,9H2. The number of hydrogen-bond donors (Lipinski definition) is 1. The highest BCUT2D eigenvalue weighted by atomic mass is 79.9. The summed E-state index contributed by atoms with van der Waals surface area (Å²) in [6, 6.07) is 14.6. The van der Waals surface area contributed by atoms with Crippen molar-refractivity contribution in [1.29, 1.82) is 0 Å². The van der Waals surface area contributed by atoms with Gasteiger partial charge in [-0.25, -0.2) is 4.39 Å². The summed E-state index contributed by atoms with van der Waals surface area (Å²) >= 11 is 3.34. The average Bonchev–Trinajstić information content (AvgIpc) is 2.29. The van der Waals surface area contributed by atoms with Gasteiger partial charge in [0.25, 0.3) is 0 Å². The molecule has 0 saturated carbocycles. The van der Waals surface area contributed by atoms with Crippen molar-refractivity contribution in [1.82, 2.24) is 0 Å². The minimum atomic E-state index is -0.227. The number of anilines is 1. The second-order valence-corrected chi connectivity index (χ2v) is 4.31. The lowest BCUT2D eigenvalue weighted by Crippen LogP contribution is -2.00. The van der Waals surface area contributed by atoms with Crippen molar-refractivity contribution in [3.63, 3.8) is 0 Å². The fraction of sp³-hybridized carbons (Fsp3) is 0.0769. The topological polar surface area (TPSA) is 12.0 Å². The molecule has 0 amide bonds. The van der Waals surface area contributed by atoms with Crippen molar-refractivity contribution in [2.24, 2.45) is 0 Å². The first-order chi connectivity index (χ1) is 7.75. The molecule has 16 heavy (non-hydrogen) atoms. The lowest BCUT2D eigenvalue weighted by Gasteiger charge is -2.08. The van der Waals surface area contributed by atoms with Crippen LogP contribution in [0.5, 0.6) is 0 Å². The van der Waals surface area contributed by atoms with Crippen LogP contribution in [0, 0.1) is 5.82 Å². The Bertz CT molecular complexity index is 471. The van der Waals surface area contributed by atoms with E-state index in [-0.39, 0.29) is 5.82 Å². The number of rotatable bonds is 3. The molecule has 0 aliphatic rings. The minimum absolute atomic E-state index is 0.227. The molecule has 2 rings (SSSR count). The number of halogens is 2. The summed E-state index contributed by atoms with van der Waals surface area (Å²) < 4.78 is 13.6. The fourth-order valence-corrected chi connectivity index (χ4v) is 1.91. The van der Waals surface area contributed by atoms with Gasteiger partial charge in [-0.05, 0) is 29.8 Å². The van der Waals surface area contributed by atoms with Crippen LogP contribution in [-0.2, 0) is 6.54 Å². The Morgan fingerprint density at radius 3 is 2.50 bits per heavy atom. The second-order valence-electron chi connectivity index (χ2n) is 3.46. The van der Waals surface area contributed by atoms with E-state index in [2.05, 4.69) is 21.2 Å². The number of hydrogen-bond acceptors (Lipinski definition) is 1. The molecule has 2 aromatic rings. The van der Waals surface area contributed by atoms with Gasteiger partial charge in [0, 0.05) is 16.7 Å². The molecular weight excluding hydrogens is 269 g/mol. The van der Waals surface area contributed by atoms with Crippen LogP contribution in [0.25, 0.3) is 0 Å². The van der Waals surface area contributed by atoms with Gasteiger partial charge in [0.05, 0.1) is 0 Å². The summed E-state index contributed by atoms with van der Waals surface area (Å²) in [5.74, 6) is -0.227. The quantitative estimate of drug-likeness (QED) is 0.888. The van der Waals surface area contributed by atoms with Crippen LogP contribution in [0.15, 0.2) is 53.0 Å². The van der Waals surface area contributed by atoms with E-state index >= 15 is 0 Å². The van der Waals surface area contributed by atoms with Crippen molar-refractivity contribution in [2.45, 2.75) is 6.54 Å². The van der Waals surface area contributed by atoms with Gasteiger partial charge >= 0.3 is 0 Å². The van der Waals surface area contributed by atoms with Crippen LogP contribution in [-0.4, -0.2) is 0 Å². The molecule has 3 heteroatoms. The highest BCUT2D eigenvalue weighted by Crippen LogP contribution is 2.19. The minimum Gasteiger partial charge on any atom is -0.381 e. The van der Waals surface area contributed by atoms with E-state index in [0.29, 0.717) is 6.54 Å². The smallest absolute Gasteiger partial charge is 0.124 e. The zero-order valence-electron chi connectivity index (χ0n) is 8.58. The Balaban J connectivity index is 2.05. The number of para-hydroxylation sites is 1. The van der Waals surface area contributed by atoms with Crippen molar-refractivity contribution in [3.05, 3.63) is 64.4 Å². The Labute approximate surface area is 102 Å². The molecule has 1 nitrogen and oxygen atoms in total. The summed E-state index contributed by atoms with van der Waals surface area (Å²) in [5, 5.41) is 3.27. The predicted molar refractivity (Wildman–Crippen MR) is 67.9 cm³/mol. The predicted octanol–water partition coefficient (Wildman–Crippen LogP) is 4.20.